The topological polar surface area (TPSA) is 40.5 Å². The predicted molar refractivity (Wildman–Crippen MR) is 126 cm³/mol. The van der Waals surface area contributed by atoms with E-state index in [0.29, 0.717) is 5.92 Å². The first-order chi connectivity index (χ1) is 15.0. The highest BCUT2D eigenvalue weighted by Gasteiger charge is 2.55. The zero-order valence-corrected chi connectivity index (χ0v) is 18.3. The van der Waals surface area contributed by atoms with Crippen molar-refractivity contribution in [2.45, 2.75) is 63.6 Å². The molecule has 2 N–H and O–H groups in total. The van der Waals surface area contributed by atoms with Gasteiger partial charge in [-0.15, -0.1) is 0 Å². The Balaban J connectivity index is 1.38. The van der Waals surface area contributed by atoms with E-state index in [0.717, 1.165) is 50.5 Å². The normalized spacial score (nSPS) is 37.1. The molecule has 2 aromatic rings. The van der Waals surface area contributed by atoms with Crippen molar-refractivity contribution in [1.29, 1.82) is 0 Å². The van der Waals surface area contributed by atoms with Crippen molar-refractivity contribution in [3.8, 4) is 0 Å². The lowest BCUT2D eigenvalue weighted by molar-refractivity contribution is -0.0330. The minimum atomic E-state index is -0.766. The van der Waals surface area contributed by atoms with Gasteiger partial charge >= 0.3 is 0 Å². The average molecular weight is 413 g/mol. The molecule has 0 bridgehead atoms. The van der Waals surface area contributed by atoms with Gasteiger partial charge < -0.3 is 10.2 Å². The standard InChI is InChI=1S/C29H32O2/c1-28-14-13-24-17-23-18-25(30)9-8-20(23)12-15-29(24,31)27(28)11-10-26(28)22-7-6-19-4-2-3-5-21(19)16-22/h2-7,10,13,16-17,20,25,27,30-31H,8-9,11-12,14-15,18H2,1H3/t20?,25?,27?,28?,29-/m1/s1. The maximum Gasteiger partial charge on any atom is 0.0933 e. The first-order valence-corrected chi connectivity index (χ1v) is 12.0. The molecule has 0 amide bonds. The lowest BCUT2D eigenvalue weighted by Gasteiger charge is -2.48. The molecule has 4 unspecified atom stereocenters. The van der Waals surface area contributed by atoms with Crippen LogP contribution in [-0.4, -0.2) is 21.9 Å². The van der Waals surface area contributed by atoms with Crippen LogP contribution in [0.1, 0.15) is 57.4 Å². The molecule has 0 saturated heterocycles. The van der Waals surface area contributed by atoms with E-state index in [1.165, 1.54) is 27.5 Å². The molecule has 0 radical (unpaired) electrons. The molecule has 0 heterocycles. The summed E-state index contributed by atoms with van der Waals surface area (Å²) in [4.78, 5) is 0. The van der Waals surface area contributed by atoms with Crippen molar-refractivity contribution in [3.05, 3.63) is 77.4 Å². The van der Waals surface area contributed by atoms with Crippen molar-refractivity contribution >= 4 is 16.3 Å². The van der Waals surface area contributed by atoms with Gasteiger partial charge in [0.15, 0.2) is 0 Å². The van der Waals surface area contributed by atoms with E-state index in [9.17, 15) is 10.2 Å². The van der Waals surface area contributed by atoms with Gasteiger partial charge in [-0.05, 0) is 84.4 Å². The first-order valence-electron chi connectivity index (χ1n) is 12.0. The average Bonchev–Trinajstić information content (AvgIpc) is 3.06. The third-order valence-corrected chi connectivity index (χ3v) is 8.88. The summed E-state index contributed by atoms with van der Waals surface area (Å²) < 4.78 is 0. The Labute approximate surface area is 185 Å². The van der Waals surface area contributed by atoms with E-state index < -0.39 is 5.60 Å². The Kier molecular flexibility index (Phi) is 4.36. The summed E-state index contributed by atoms with van der Waals surface area (Å²) in [5.74, 6) is 0.739. The van der Waals surface area contributed by atoms with Crippen molar-refractivity contribution in [2.24, 2.45) is 17.3 Å². The quantitative estimate of drug-likeness (QED) is 0.586. The van der Waals surface area contributed by atoms with Crippen LogP contribution in [0.25, 0.3) is 16.3 Å². The Hall–Kier alpha value is -2.16. The Bertz CT molecular complexity index is 1140. The minimum absolute atomic E-state index is 0.0474. The van der Waals surface area contributed by atoms with Gasteiger partial charge in [-0.3, -0.25) is 0 Å². The summed E-state index contributed by atoms with van der Waals surface area (Å²) in [6.45, 7) is 2.37. The molecule has 160 valence electrons. The summed E-state index contributed by atoms with van der Waals surface area (Å²) in [5, 5.41) is 24.9. The van der Waals surface area contributed by atoms with E-state index in [-0.39, 0.29) is 17.4 Å². The molecule has 1 saturated carbocycles. The van der Waals surface area contributed by atoms with E-state index >= 15 is 0 Å². The summed E-state index contributed by atoms with van der Waals surface area (Å²) in [6.07, 6.45) is 13.3. The fourth-order valence-corrected chi connectivity index (χ4v) is 7.12. The van der Waals surface area contributed by atoms with Gasteiger partial charge in [0.1, 0.15) is 0 Å². The molecule has 4 aliphatic carbocycles. The lowest BCUT2D eigenvalue weighted by Crippen LogP contribution is -2.48. The Morgan fingerprint density at radius 3 is 2.68 bits per heavy atom. The van der Waals surface area contributed by atoms with Crippen LogP contribution in [0.5, 0.6) is 0 Å². The Morgan fingerprint density at radius 1 is 0.968 bits per heavy atom. The Morgan fingerprint density at radius 2 is 1.81 bits per heavy atom. The number of hydrogen-bond donors (Lipinski definition) is 2. The molecule has 4 aliphatic rings. The fourth-order valence-electron chi connectivity index (χ4n) is 7.12. The van der Waals surface area contributed by atoms with Crippen molar-refractivity contribution in [3.63, 3.8) is 0 Å². The van der Waals surface area contributed by atoms with Gasteiger partial charge in [0, 0.05) is 11.3 Å². The molecule has 31 heavy (non-hydrogen) atoms. The largest absolute Gasteiger partial charge is 0.393 e. The maximum absolute atomic E-state index is 12.1. The molecule has 5 atom stereocenters. The third-order valence-electron chi connectivity index (χ3n) is 8.88. The molecular weight excluding hydrogens is 380 g/mol. The van der Waals surface area contributed by atoms with Crippen molar-refractivity contribution in [1.82, 2.24) is 0 Å². The van der Waals surface area contributed by atoms with Crippen LogP contribution in [0.2, 0.25) is 0 Å². The van der Waals surface area contributed by atoms with Gasteiger partial charge in [0.05, 0.1) is 11.7 Å². The lowest BCUT2D eigenvalue weighted by atomic mass is 9.58. The predicted octanol–water partition coefficient (Wildman–Crippen LogP) is 6.19. The number of aliphatic hydroxyl groups excluding tert-OH is 1. The third kappa shape index (κ3) is 2.92. The molecule has 0 aliphatic heterocycles. The highest BCUT2D eigenvalue weighted by Crippen LogP contribution is 2.61. The number of hydrogen-bond acceptors (Lipinski definition) is 2. The van der Waals surface area contributed by atoms with E-state index in [2.05, 4.69) is 67.6 Å². The molecule has 2 nitrogen and oxygen atoms in total. The van der Waals surface area contributed by atoms with E-state index in [4.69, 9.17) is 0 Å². The minimum Gasteiger partial charge on any atom is -0.393 e. The number of fused-ring (bicyclic) bond motifs is 5. The second-order valence-electron chi connectivity index (χ2n) is 10.6. The molecule has 1 fully saturated rings. The van der Waals surface area contributed by atoms with Gasteiger partial charge in [-0.1, -0.05) is 67.1 Å². The summed E-state index contributed by atoms with van der Waals surface area (Å²) in [7, 11) is 0. The zero-order valence-electron chi connectivity index (χ0n) is 18.3. The second-order valence-corrected chi connectivity index (χ2v) is 10.6. The fraction of sp³-hybridized carbons (Fsp3) is 0.448. The monoisotopic (exact) mass is 412 g/mol. The van der Waals surface area contributed by atoms with Gasteiger partial charge in [-0.2, -0.15) is 0 Å². The number of benzene rings is 2. The van der Waals surface area contributed by atoms with Crippen molar-refractivity contribution < 1.29 is 10.2 Å². The van der Waals surface area contributed by atoms with Crippen LogP contribution in [-0.2, 0) is 0 Å². The number of rotatable bonds is 1. The van der Waals surface area contributed by atoms with E-state index in [1.54, 1.807) is 0 Å². The van der Waals surface area contributed by atoms with Gasteiger partial charge in [0.25, 0.3) is 0 Å². The summed E-state index contributed by atoms with van der Waals surface area (Å²) >= 11 is 0. The molecule has 6 rings (SSSR count). The summed E-state index contributed by atoms with van der Waals surface area (Å²) in [6, 6.07) is 15.4. The number of allylic oxidation sites excluding steroid dienone is 3. The van der Waals surface area contributed by atoms with Crippen LogP contribution in [0.15, 0.2) is 71.8 Å². The highest BCUT2D eigenvalue weighted by molar-refractivity contribution is 5.87. The number of aliphatic hydroxyl groups is 2. The van der Waals surface area contributed by atoms with Crippen molar-refractivity contribution in [2.75, 3.05) is 0 Å². The van der Waals surface area contributed by atoms with E-state index in [1.807, 2.05) is 0 Å². The highest BCUT2D eigenvalue weighted by atomic mass is 16.3. The zero-order chi connectivity index (χ0) is 21.2. The maximum atomic E-state index is 12.1. The van der Waals surface area contributed by atoms with Gasteiger partial charge in [0.2, 0.25) is 0 Å². The van der Waals surface area contributed by atoms with Crippen LogP contribution in [0.4, 0.5) is 0 Å². The molecule has 0 spiro atoms. The molecular formula is C29H32O2. The smallest absolute Gasteiger partial charge is 0.0933 e. The SMILES string of the molecule is CC12CC=C3C=C4CC(O)CCC4CC[C@]3(O)C1CC=C2c1ccc2ccccc2c1. The molecule has 2 aromatic carbocycles. The first kappa shape index (κ1) is 19.5. The second kappa shape index (κ2) is 6.92. The van der Waals surface area contributed by atoms with Crippen LogP contribution in [0.3, 0.4) is 0 Å². The van der Waals surface area contributed by atoms with Gasteiger partial charge in [-0.25, -0.2) is 0 Å². The molecule has 2 heteroatoms. The van der Waals surface area contributed by atoms with Crippen LogP contribution < -0.4 is 0 Å². The molecule has 0 aromatic heterocycles. The van der Waals surface area contributed by atoms with Crippen LogP contribution in [0, 0.1) is 17.3 Å². The van der Waals surface area contributed by atoms with Crippen LogP contribution >= 0.6 is 0 Å². The summed E-state index contributed by atoms with van der Waals surface area (Å²) in [5.41, 5.74) is 4.37.